The lowest BCUT2D eigenvalue weighted by Crippen LogP contribution is -2.25. The van der Waals surface area contributed by atoms with Crippen molar-refractivity contribution < 1.29 is 17.5 Å². The maximum Gasteiger partial charge on any atom is 0.237 e. The van der Waals surface area contributed by atoms with Gasteiger partial charge in [-0.05, 0) is 18.6 Å². The van der Waals surface area contributed by atoms with Gasteiger partial charge in [0, 0.05) is 37.3 Å². The van der Waals surface area contributed by atoms with E-state index in [-0.39, 0.29) is 29.7 Å². The summed E-state index contributed by atoms with van der Waals surface area (Å²) >= 11 is 0. The summed E-state index contributed by atoms with van der Waals surface area (Å²) in [5, 5.41) is 4.16. The molecule has 0 unspecified atom stereocenters. The molecule has 4 heterocycles. The Hall–Kier alpha value is -4.46. The fraction of sp³-hybridized carbons (Fsp3) is 0.217. The number of rotatable bonds is 7. The fourth-order valence-electron chi connectivity index (χ4n) is 3.80. The predicted octanol–water partition coefficient (Wildman–Crippen LogP) is 2.62. The van der Waals surface area contributed by atoms with E-state index in [9.17, 15) is 8.42 Å². The minimum absolute atomic E-state index is 0.0692. The molecule has 190 valence electrons. The van der Waals surface area contributed by atoms with Crippen LogP contribution in [0.1, 0.15) is 11.4 Å². The quantitative estimate of drug-likeness (QED) is 0.313. The van der Waals surface area contributed by atoms with Crippen LogP contribution in [0.15, 0.2) is 49.3 Å². The molecule has 14 heteroatoms. The molecule has 0 radical (unpaired) electrons. The fourth-order valence-corrected chi connectivity index (χ4v) is 4.56. The number of halogens is 1. The molecule has 0 N–H and O–H groups in total. The highest BCUT2D eigenvalue weighted by Gasteiger charge is 2.24. The van der Waals surface area contributed by atoms with Crippen molar-refractivity contribution in [3.05, 3.63) is 66.5 Å². The highest BCUT2D eigenvalue weighted by molar-refractivity contribution is 7.89. The molecule has 0 fully saturated rings. The van der Waals surface area contributed by atoms with Crippen LogP contribution >= 0.6 is 0 Å². The molecular formula is C23H22FN9O3S. The van der Waals surface area contributed by atoms with Crippen molar-refractivity contribution in [1.82, 2.24) is 38.7 Å². The Kier molecular flexibility index (Phi) is 6.03. The highest BCUT2D eigenvalue weighted by Crippen LogP contribution is 2.33. The summed E-state index contributed by atoms with van der Waals surface area (Å²) < 4.78 is 48.1. The third-order valence-electron chi connectivity index (χ3n) is 5.60. The maximum absolute atomic E-state index is 15.5. The Morgan fingerprint density at radius 2 is 1.92 bits per heavy atom. The molecule has 0 bridgehead atoms. The van der Waals surface area contributed by atoms with Crippen molar-refractivity contribution in [2.24, 2.45) is 7.05 Å². The van der Waals surface area contributed by atoms with E-state index in [2.05, 4.69) is 30.0 Å². The SMILES string of the molecule is COc1cc(C)c(F)c(N(Cc2nccn2S(C)(=O)=O)c2ncc3ncc(-c4cnn(C)c4)nc3n2)c1. The van der Waals surface area contributed by atoms with Crippen LogP contribution < -0.4 is 9.64 Å². The average Bonchev–Trinajstić information content (AvgIpc) is 3.52. The third kappa shape index (κ3) is 4.70. The molecule has 0 aliphatic rings. The van der Waals surface area contributed by atoms with Gasteiger partial charge in [-0.3, -0.25) is 9.58 Å². The van der Waals surface area contributed by atoms with E-state index in [1.807, 2.05) is 0 Å². The van der Waals surface area contributed by atoms with Gasteiger partial charge in [0.05, 0.1) is 49.9 Å². The van der Waals surface area contributed by atoms with Crippen LogP contribution in [0.4, 0.5) is 16.0 Å². The van der Waals surface area contributed by atoms with Crippen LogP contribution in [-0.2, 0) is 23.6 Å². The smallest absolute Gasteiger partial charge is 0.237 e. The van der Waals surface area contributed by atoms with Crippen molar-refractivity contribution >= 4 is 32.8 Å². The van der Waals surface area contributed by atoms with Crippen LogP contribution in [0, 0.1) is 12.7 Å². The second kappa shape index (κ2) is 9.20. The third-order valence-corrected chi connectivity index (χ3v) is 6.65. The lowest BCUT2D eigenvalue weighted by atomic mass is 10.1. The molecule has 0 atom stereocenters. The molecule has 4 aromatic heterocycles. The first-order chi connectivity index (χ1) is 17.6. The second-order valence-corrected chi connectivity index (χ2v) is 10.2. The van der Waals surface area contributed by atoms with Crippen LogP contribution in [0.5, 0.6) is 5.75 Å². The van der Waals surface area contributed by atoms with E-state index < -0.39 is 15.8 Å². The van der Waals surface area contributed by atoms with Crippen LogP contribution in [-0.4, -0.2) is 60.5 Å². The lowest BCUT2D eigenvalue weighted by Gasteiger charge is -2.24. The topological polar surface area (TPSA) is 134 Å². The Bertz CT molecular complexity index is 1730. The first-order valence-electron chi connectivity index (χ1n) is 11.0. The number of benzene rings is 1. The van der Waals surface area contributed by atoms with Gasteiger partial charge in [-0.25, -0.2) is 36.7 Å². The monoisotopic (exact) mass is 523 g/mol. The van der Waals surface area contributed by atoms with Gasteiger partial charge in [0.15, 0.2) is 5.65 Å². The number of fused-ring (bicyclic) bond motifs is 1. The van der Waals surface area contributed by atoms with Crippen molar-refractivity contribution in [3.8, 4) is 17.0 Å². The average molecular weight is 524 g/mol. The summed E-state index contributed by atoms with van der Waals surface area (Å²) in [5.74, 6) is 0.0722. The number of imidazole rings is 1. The minimum Gasteiger partial charge on any atom is -0.497 e. The van der Waals surface area contributed by atoms with Gasteiger partial charge in [0.2, 0.25) is 16.0 Å². The maximum atomic E-state index is 15.5. The van der Waals surface area contributed by atoms with Gasteiger partial charge in [0.25, 0.3) is 0 Å². The van der Waals surface area contributed by atoms with Gasteiger partial charge in [-0.15, -0.1) is 0 Å². The largest absolute Gasteiger partial charge is 0.497 e. The molecule has 0 saturated heterocycles. The molecule has 1 aromatic carbocycles. The molecular weight excluding hydrogens is 501 g/mol. The van der Waals surface area contributed by atoms with Crippen molar-refractivity contribution in [2.45, 2.75) is 13.5 Å². The first kappa shape index (κ1) is 24.2. The molecule has 12 nitrogen and oxygen atoms in total. The lowest BCUT2D eigenvalue weighted by molar-refractivity contribution is 0.413. The van der Waals surface area contributed by atoms with E-state index in [1.165, 1.54) is 36.7 Å². The van der Waals surface area contributed by atoms with E-state index in [0.29, 0.717) is 22.5 Å². The second-order valence-electron chi connectivity index (χ2n) is 8.30. The first-order valence-corrected chi connectivity index (χ1v) is 12.8. The minimum atomic E-state index is -3.66. The zero-order valence-corrected chi connectivity index (χ0v) is 21.2. The summed E-state index contributed by atoms with van der Waals surface area (Å²) in [5.41, 5.74) is 2.39. The summed E-state index contributed by atoms with van der Waals surface area (Å²) in [6.45, 7) is 1.44. The van der Waals surface area contributed by atoms with Crippen LogP contribution in [0.2, 0.25) is 0 Å². The Morgan fingerprint density at radius 3 is 2.62 bits per heavy atom. The van der Waals surface area contributed by atoms with E-state index in [0.717, 1.165) is 15.8 Å². The van der Waals surface area contributed by atoms with Gasteiger partial charge in [-0.1, -0.05) is 0 Å². The normalized spacial score (nSPS) is 11.7. The number of aromatic nitrogens is 8. The Balaban J connectivity index is 1.68. The Morgan fingerprint density at radius 1 is 1.11 bits per heavy atom. The molecule has 37 heavy (non-hydrogen) atoms. The number of nitrogens with zero attached hydrogens (tertiary/aromatic N) is 9. The zero-order valence-electron chi connectivity index (χ0n) is 20.4. The summed E-state index contributed by atoms with van der Waals surface area (Å²) in [6, 6.07) is 3.04. The zero-order chi connectivity index (χ0) is 26.3. The highest BCUT2D eigenvalue weighted by atomic mass is 32.2. The standard InChI is InChI=1S/C23H22FN9O3S/c1-14-7-16(36-3)8-19(21(14)24)32(13-20-25-5-6-33(20)37(4,34)35)23-27-11-18-22(30-23)29-17(10-26-18)15-9-28-31(2)12-15/h5-12H,13H2,1-4H3. The van der Waals surface area contributed by atoms with Gasteiger partial charge in [0.1, 0.15) is 22.9 Å². The van der Waals surface area contributed by atoms with Gasteiger partial charge >= 0.3 is 0 Å². The number of methoxy groups -OCH3 is 1. The Labute approximate surface area is 211 Å². The van der Waals surface area contributed by atoms with Gasteiger partial charge in [-0.2, -0.15) is 10.1 Å². The molecule has 5 rings (SSSR count). The number of aryl methyl sites for hydroxylation is 2. The molecule has 0 spiro atoms. The van der Waals surface area contributed by atoms with Crippen molar-refractivity contribution in [2.75, 3.05) is 18.3 Å². The number of hydrogen-bond acceptors (Lipinski definition) is 10. The van der Waals surface area contributed by atoms with Crippen LogP contribution in [0.25, 0.3) is 22.4 Å². The van der Waals surface area contributed by atoms with E-state index in [1.54, 1.807) is 43.3 Å². The summed E-state index contributed by atoms with van der Waals surface area (Å²) in [6.07, 6.45) is 10.2. The molecule has 0 aliphatic heterocycles. The van der Waals surface area contributed by atoms with Crippen molar-refractivity contribution in [3.63, 3.8) is 0 Å². The van der Waals surface area contributed by atoms with Gasteiger partial charge < -0.3 is 4.74 Å². The number of hydrogen-bond donors (Lipinski definition) is 0. The molecule has 0 amide bonds. The van der Waals surface area contributed by atoms with E-state index >= 15 is 4.39 Å². The van der Waals surface area contributed by atoms with Crippen LogP contribution in [0.3, 0.4) is 0 Å². The van der Waals surface area contributed by atoms with E-state index in [4.69, 9.17) is 4.74 Å². The molecule has 0 aliphatic carbocycles. The number of ether oxygens (including phenoxy) is 1. The summed E-state index contributed by atoms with van der Waals surface area (Å²) in [7, 11) is -0.398. The molecule has 5 aromatic rings. The van der Waals surface area contributed by atoms with Crippen molar-refractivity contribution in [1.29, 1.82) is 0 Å². The number of anilines is 2. The predicted molar refractivity (Wildman–Crippen MR) is 133 cm³/mol. The molecule has 0 saturated carbocycles. The summed E-state index contributed by atoms with van der Waals surface area (Å²) in [4.78, 5) is 23.5.